The Morgan fingerprint density at radius 1 is 1.16 bits per heavy atom. The van der Waals surface area contributed by atoms with E-state index >= 15 is 0 Å². The molecule has 3 aromatic rings. The summed E-state index contributed by atoms with van der Waals surface area (Å²) in [6, 6.07) is 6.27. The zero-order valence-electron chi connectivity index (χ0n) is 18.1. The predicted molar refractivity (Wildman–Crippen MR) is 120 cm³/mol. The fourth-order valence-corrected chi connectivity index (χ4v) is 4.86. The van der Waals surface area contributed by atoms with Crippen LogP contribution in [0.3, 0.4) is 0 Å². The maximum atomic E-state index is 14.9. The molecule has 2 saturated heterocycles. The third kappa shape index (κ3) is 3.83. The van der Waals surface area contributed by atoms with Crippen molar-refractivity contribution in [1.29, 1.82) is 0 Å². The Balaban J connectivity index is 1.66. The van der Waals surface area contributed by atoms with Gasteiger partial charge in [-0.2, -0.15) is 0 Å². The number of halogens is 2. The number of aromatic nitrogens is 3. The second-order valence-corrected chi connectivity index (χ2v) is 9.14. The van der Waals surface area contributed by atoms with Gasteiger partial charge in [0.1, 0.15) is 11.5 Å². The molecule has 0 amide bonds. The first-order chi connectivity index (χ1) is 15.4. The van der Waals surface area contributed by atoms with Crippen molar-refractivity contribution in [1.82, 2.24) is 14.4 Å². The molecule has 6 nitrogen and oxygen atoms in total. The number of aryl methyl sites for hydroxylation is 1. The molecule has 3 unspecified atom stereocenters. The van der Waals surface area contributed by atoms with Crippen LogP contribution >= 0.6 is 11.6 Å². The van der Waals surface area contributed by atoms with Gasteiger partial charge in [-0.05, 0) is 51.3 Å². The van der Waals surface area contributed by atoms with Crippen molar-refractivity contribution in [3.05, 3.63) is 62.4 Å². The lowest BCUT2D eigenvalue weighted by Gasteiger charge is -2.32. The third-order valence-electron chi connectivity index (χ3n) is 6.70. The van der Waals surface area contributed by atoms with E-state index in [0.717, 1.165) is 38.2 Å². The summed E-state index contributed by atoms with van der Waals surface area (Å²) in [5, 5.41) is 0.287. The molecule has 5 rings (SSSR count). The Bertz CT molecular complexity index is 1240. The van der Waals surface area contributed by atoms with Crippen molar-refractivity contribution >= 4 is 17.2 Å². The van der Waals surface area contributed by atoms with Gasteiger partial charge in [0.15, 0.2) is 5.82 Å². The standard InChI is InChI=1S/C24H25ClFN3O3/c1-13-14(2)27-22-11-20(15-6-8-32-21(9-15)16-5-7-31-12-16)28-23(29(22)24(13)30)18-4-3-17(25)10-19(18)26/h3-4,10-11,15-16,21H,5-9,12H2,1-2H3. The topological polar surface area (TPSA) is 65.7 Å². The van der Waals surface area contributed by atoms with Crippen molar-refractivity contribution in [2.75, 3.05) is 19.8 Å². The number of nitrogens with zero attached hydrogens (tertiary/aromatic N) is 3. The summed E-state index contributed by atoms with van der Waals surface area (Å²) in [6.45, 7) is 5.66. The summed E-state index contributed by atoms with van der Waals surface area (Å²) >= 11 is 5.97. The van der Waals surface area contributed by atoms with Gasteiger partial charge in [0, 0.05) is 53.1 Å². The fourth-order valence-electron chi connectivity index (χ4n) is 4.70. The maximum absolute atomic E-state index is 14.9. The molecular formula is C24H25ClFN3O3. The predicted octanol–water partition coefficient (Wildman–Crippen LogP) is 4.46. The van der Waals surface area contributed by atoms with Gasteiger partial charge < -0.3 is 9.47 Å². The van der Waals surface area contributed by atoms with Gasteiger partial charge in [0.25, 0.3) is 5.56 Å². The molecule has 0 aliphatic carbocycles. The smallest absolute Gasteiger partial charge is 0.262 e. The van der Waals surface area contributed by atoms with Crippen LogP contribution in [0, 0.1) is 25.6 Å². The number of fused-ring (bicyclic) bond motifs is 1. The van der Waals surface area contributed by atoms with E-state index in [4.69, 9.17) is 26.1 Å². The number of rotatable bonds is 3. The van der Waals surface area contributed by atoms with Crippen LogP contribution < -0.4 is 5.56 Å². The first-order valence-corrected chi connectivity index (χ1v) is 11.4. The summed E-state index contributed by atoms with van der Waals surface area (Å²) in [6.07, 6.45) is 2.73. The highest BCUT2D eigenvalue weighted by Gasteiger charge is 2.33. The van der Waals surface area contributed by atoms with Crippen LogP contribution in [0.15, 0.2) is 29.1 Å². The number of hydrogen-bond acceptors (Lipinski definition) is 5. The molecule has 0 saturated carbocycles. The second-order valence-electron chi connectivity index (χ2n) is 8.70. The first kappa shape index (κ1) is 21.5. The number of ether oxygens (including phenoxy) is 2. The summed E-state index contributed by atoms with van der Waals surface area (Å²) in [7, 11) is 0. The van der Waals surface area contributed by atoms with Crippen molar-refractivity contribution in [3.8, 4) is 11.4 Å². The Hall–Kier alpha value is -2.35. The third-order valence-corrected chi connectivity index (χ3v) is 6.93. The average molecular weight is 458 g/mol. The lowest BCUT2D eigenvalue weighted by molar-refractivity contribution is -0.0310. The van der Waals surface area contributed by atoms with Crippen LogP contribution in [0.25, 0.3) is 17.0 Å². The highest BCUT2D eigenvalue weighted by atomic mass is 35.5. The van der Waals surface area contributed by atoms with Crippen LogP contribution in [0.4, 0.5) is 4.39 Å². The number of benzene rings is 1. The molecule has 0 bridgehead atoms. The minimum absolute atomic E-state index is 0.111. The Labute approximate surface area is 190 Å². The molecule has 32 heavy (non-hydrogen) atoms. The monoisotopic (exact) mass is 457 g/mol. The minimum Gasteiger partial charge on any atom is -0.381 e. The Kier molecular flexibility index (Phi) is 5.73. The minimum atomic E-state index is -0.526. The van der Waals surface area contributed by atoms with Crippen LogP contribution in [0.5, 0.6) is 0 Å². The second kappa shape index (κ2) is 8.54. The van der Waals surface area contributed by atoms with Crippen molar-refractivity contribution in [2.45, 2.75) is 45.1 Å². The van der Waals surface area contributed by atoms with E-state index in [0.29, 0.717) is 29.4 Å². The van der Waals surface area contributed by atoms with E-state index in [9.17, 15) is 9.18 Å². The lowest BCUT2D eigenvalue weighted by Crippen LogP contribution is -2.32. The van der Waals surface area contributed by atoms with Gasteiger partial charge in [-0.3, -0.25) is 4.79 Å². The molecule has 8 heteroatoms. The SMILES string of the molecule is Cc1nc2cc(C3CCOC(C4CCOC4)C3)nc(-c3ccc(Cl)cc3F)n2c(=O)c1C. The highest BCUT2D eigenvalue weighted by Crippen LogP contribution is 2.36. The largest absolute Gasteiger partial charge is 0.381 e. The first-order valence-electron chi connectivity index (χ1n) is 11.0. The van der Waals surface area contributed by atoms with E-state index in [1.165, 1.54) is 10.5 Å². The summed E-state index contributed by atoms with van der Waals surface area (Å²) < 4.78 is 27.9. The van der Waals surface area contributed by atoms with Crippen molar-refractivity contribution in [2.24, 2.45) is 5.92 Å². The van der Waals surface area contributed by atoms with Crippen LogP contribution in [-0.2, 0) is 9.47 Å². The quantitative estimate of drug-likeness (QED) is 0.580. The van der Waals surface area contributed by atoms with E-state index in [-0.39, 0.29) is 34.0 Å². The molecule has 2 aliphatic heterocycles. The molecule has 0 spiro atoms. The van der Waals surface area contributed by atoms with Crippen LogP contribution in [0.2, 0.25) is 5.02 Å². The summed E-state index contributed by atoms with van der Waals surface area (Å²) in [4.78, 5) is 22.6. The highest BCUT2D eigenvalue weighted by molar-refractivity contribution is 6.30. The Morgan fingerprint density at radius 2 is 2.00 bits per heavy atom. The normalized spacial score (nSPS) is 23.7. The van der Waals surface area contributed by atoms with E-state index in [2.05, 4.69) is 4.98 Å². The van der Waals surface area contributed by atoms with Crippen molar-refractivity contribution < 1.29 is 13.9 Å². The summed E-state index contributed by atoms with van der Waals surface area (Å²) in [5.74, 6) is 0.241. The molecule has 3 atom stereocenters. The summed E-state index contributed by atoms with van der Waals surface area (Å²) in [5.41, 5.74) is 2.42. The van der Waals surface area contributed by atoms with Crippen molar-refractivity contribution in [3.63, 3.8) is 0 Å². The molecule has 0 radical (unpaired) electrons. The molecule has 0 N–H and O–H groups in total. The van der Waals surface area contributed by atoms with Gasteiger partial charge >= 0.3 is 0 Å². The molecule has 2 aromatic heterocycles. The van der Waals surface area contributed by atoms with E-state index in [1.54, 1.807) is 19.1 Å². The maximum Gasteiger partial charge on any atom is 0.262 e. The average Bonchev–Trinajstić information content (AvgIpc) is 3.32. The Morgan fingerprint density at radius 3 is 2.75 bits per heavy atom. The molecule has 2 fully saturated rings. The van der Waals surface area contributed by atoms with Gasteiger partial charge in [-0.15, -0.1) is 0 Å². The van der Waals surface area contributed by atoms with E-state index in [1.807, 2.05) is 13.0 Å². The van der Waals surface area contributed by atoms with Crippen LogP contribution in [0.1, 0.15) is 42.1 Å². The zero-order chi connectivity index (χ0) is 22.4. The molecule has 1 aromatic carbocycles. The number of hydrogen-bond donors (Lipinski definition) is 0. The molecule has 168 valence electrons. The van der Waals surface area contributed by atoms with E-state index < -0.39 is 5.82 Å². The van der Waals surface area contributed by atoms with Gasteiger partial charge in [-0.25, -0.2) is 18.8 Å². The van der Waals surface area contributed by atoms with Gasteiger partial charge in [0.05, 0.1) is 18.3 Å². The molecule has 4 heterocycles. The fraction of sp³-hybridized carbons (Fsp3) is 0.458. The molecular weight excluding hydrogens is 433 g/mol. The van der Waals surface area contributed by atoms with Crippen LogP contribution in [-0.4, -0.2) is 40.3 Å². The lowest BCUT2D eigenvalue weighted by atomic mass is 9.86. The van der Waals surface area contributed by atoms with Gasteiger partial charge in [0.2, 0.25) is 0 Å². The van der Waals surface area contributed by atoms with Gasteiger partial charge in [-0.1, -0.05) is 11.6 Å². The molecule has 2 aliphatic rings. The zero-order valence-corrected chi connectivity index (χ0v) is 18.9.